The van der Waals surface area contributed by atoms with Crippen LogP contribution in [-0.4, -0.2) is 36.2 Å². The third kappa shape index (κ3) is 11.0. The van der Waals surface area contributed by atoms with Crippen LogP contribution in [0.3, 0.4) is 0 Å². The van der Waals surface area contributed by atoms with Crippen molar-refractivity contribution in [3.63, 3.8) is 0 Å². The van der Waals surface area contributed by atoms with E-state index in [1.54, 1.807) is 0 Å². The number of aliphatic hydroxyl groups is 1. The minimum Gasteiger partial charge on any atom is -0.395 e. The number of likely N-dealkylation sites (N-methyl/N-ethyl adjacent to an activating group) is 1. The molecule has 2 nitrogen and oxygen atoms in total. The van der Waals surface area contributed by atoms with Crippen molar-refractivity contribution in [2.24, 2.45) is 0 Å². The van der Waals surface area contributed by atoms with E-state index in [1.807, 2.05) is 0 Å². The van der Waals surface area contributed by atoms with Gasteiger partial charge in [0.25, 0.3) is 0 Å². The first kappa shape index (κ1) is 17.9. The smallest absolute Gasteiger partial charge is 0.0558 e. The first-order chi connectivity index (χ1) is 8.72. The number of hydrogen-bond donors (Lipinski definition) is 1. The van der Waals surface area contributed by atoms with Crippen molar-refractivity contribution in [2.45, 2.75) is 84.1 Å². The molecule has 0 rings (SSSR count). The van der Waals surface area contributed by atoms with Gasteiger partial charge in [0.1, 0.15) is 0 Å². The van der Waals surface area contributed by atoms with E-state index in [9.17, 15) is 0 Å². The van der Waals surface area contributed by atoms with Crippen LogP contribution >= 0.6 is 0 Å². The number of nitrogens with zero attached hydrogens (tertiary/aromatic N) is 1. The van der Waals surface area contributed by atoms with E-state index in [2.05, 4.69) is 25.8 Å². The Kier molecular flexibility index (Phi) is 13.3. The van der Waals surface area contributed by atoms with Gasteiger partial charge in [0.05, 0.1) is 6.61 Å². The monoisotopic (exact) mass is 257 g/mol. The fourth-order valence-corrected chi connectivity index (χ4v) is 2.35. The molecule has 1 unspecified atom stereocenters. The molecule has 0 aromatic heterocycles. The Morgan fingerprint density at radius 1 is 0.889 bits per heavy atom. The molecule has 0 aromatic rings. The molecule has 18 heavy (non-hydrogen) atoms. The van der Waals surface area contributed by atoms with E-state index in [4.69, 9.17) is 5.11 Å². The van der Waals surface area contributed by atoms with E-state index < -0.39 is 0 Å². The standard InChI is InChI=1S/C16H35NO/c1-4-5-6-7-8-9-10-11-12-13-16(2)17(3)14-15-18/h16,18H,4-15H2,1-3H3. The zero-order valence-electron chi connectivity index (χ0n) is 13.0. The average Bonchev–Trinajstić information content (AvgIpc) is 2.36. The molecule has 0 radical (unpaired) electrons. The number of rotatable bonds is 13. The maximum absolute atomic E-state index is 8.87. The number of aliphatic hydroxyl groups excluding tert-OH is 1. The quantitative estimate of drug-likeness (QED) is 0.499. The van der Waals surface area contributed by atoms with Crippen molar-refractivity contribution >= 4 is 0 Å². The lowest BCUT2D eigenvalue weighted by molar-refractivity contribution is 0.180. The Labute approximate surface area is 115 Å². The van der Waals surface area contributed by atoms with Crippen LogP contribution in [0.25, 0.3) is 0 Å². The summed E-state index contributed by atoms with van der Waals surface area (Å²) in [6.45, 7) is 5.62. The zero-order chi connectivity index (χ0) is 13.6. The van der Waals surface area contributed by atoms with Crippen molar-refractivity contribution in [1.29, 1.82) is 0 Å². The summed E-state index contributed by atoms with van der Waals surface area (Å²) in [5.74, 6) is 0. The lowest BCUT2D eigenvalue weighted by atomic mass is 10.0. The van der Waals surface area contributed by atoms with Gasteiger partial charge in [-0.3, -0.25) is 0 Å². The van der Waals surface area contributed by atoms with Crippen LogP contribution in [0, 0.1) is 0 Å². The molecule has 0 spiro atoms. The average molecular weight is 257 g/mol. The summed E-state index contributed by atoms with van der Waals surface area (Å²) in [5.41, 5.74) is 0. The lowest BCUT2D eigenvalue weighted by Crippen LogP contribution is -2.31. The summed E-state index contributed by atoms with van der Waals surface area (Å²) < 4.78 is 0. The highest BCUT2D eigenvalue weighted by atomic mass is 16.3. The largest absolute Gasteiger partial charge is 0.395 e. The highest BCUT2D eigenvalue weighted by molar-refractivity contribution is 4.62. The molecule has 0 saturated carbocycles. The van der Waals surface area contributed by atoms with Crippen LogP contribution in [0.1, 0.15) is 78.1 Å². The number of hydrogen-bond acceptors (Lipinski definition) is 2. The van der Waals surface area contributed by atoms with Gasteiger partial charge in [-0.25, -0.2) is 0 Å². The molecule has 0 amide bonds. The van der Waals surface area contributed by atoms with E-state index in [0.29, 0.717) is 6.04 Å². The van der Waals surface area contributed by atoms with Crippen molar-refractivity contribution in [3.05, 3.63) is 0 Å². The molecule has 0 fully saturated rings. The Bertz CT molecular complexity index is 161. The van der Waals surface area contributed by atoms with Crippen molar-refractivity contribution in [1.82, 2.24) is 4.90 Å². The Morgan fingerprint density at radius 2 is 1.39 bits per heavy atom. The Morgan fingerprint density at radius 3 is 1.89 bits per heavy atom. The fraction of sp³-hybridized carbons (Fsp3) is 1.00. The SMILES string of the molecule is CCCCCCCCCCCC(C)N(C)CCO. The molecule has 0 bridgehead atoms. The van der Waals surface area contributed by atoms with E-state index in [0.717, 1.165) is 6.54 Å². The summed E-state index contributed by atoms with van der Waals surface area (Å²) in [7, 11) is 2.11. The highest BCUT2D eigenvalue weighted by Gasteiger charge is 2.07. The van der Waals surface area contributed by atoms with Gasteiger partial charge in [0, 0.05) is 12.6 Å². The van der Waals surface area contributed by atoms with Crippen LogP contribution < -0.4 is 0 Å². The van der Waals surface area contributed by atoms with Gasteiger partial charge in [0.15, 0.2) is 0 Å². The molecule has 1 N–H and O–H groups in total. The zero-order valence-corrected chi connectivity index (χ0v) is 13.0. The van der Waals surface area contributed by atoms with Crippen molar-refractivity contribution < 1.29 is 5.11 Å². The molecular weight excluding hydrogens is 222 g/mol. The van der Waals surface area contributed by atoms with Gasteiger partial charge in [0.2, 0.25) is 0 Å². The predicted molar refractivity (Wildman–Crippen MR) is 81.0 cm³/mol. The normalized spacial score (nSPS) is 13.2. The van der Waals surface area contributed by atoms with Gasteiger partial charge >= 0.3 is 0 Å². The molecule has 2 heteroatoms. The van der Waals surface area contributed by atoms with Crippen LogP contribution in [0.5, 0.6) is 0 Å². The molecule has 0 aliphatic carbocycles. The second kappa shape index (κ2) is 13.4. The Balaban J connectivity index is 3.19. The van der Waals surface area contributed by atoms with Crippen LogP contribution in [0.15, 0.2) is 0 Å². The molecule has 0 aliphatic rings. The first-order valence-electron chi connectivity index (χ1n) is 8.03. The van der Waals surface area contributed by atoms with Gasteiger partial charge in [-0.15, -0.1) is 0 Å². The molecule has 110 valence electrons. The summed E-state index contributed by atoms with van der Waals surface area (Å²) in [4.78, 5) is 2.25. The molecule has 1 atom stereocenters. The van der Waals surface area contributed by atoms with Gasteiger partial charge in [-0.2, -0.15) is 0 Å². The van der Waals surface area contributed by atoms with Crippen molar-refractivity contribution in [3.8, 4) is 0 Å². The minimum atomic E-state index is 0.276. The molecule has 0 aliphatic heterocycles. The van der Waals surface area contributed by atoms with Crippen LogP contribution in [0.2, 0.25) is 0 Å². The molecule has 0 saturated heterocycles. The highest BCUT2D eigenvalue weighted by Crippen LogP contribution is 2.12. The second-order valence-electron chi connectivity index (χ2n) is 5.67. The third-order valence-electron chi connectivity index (χ3n) is 3.93. The van der Waals surface area contributed by atoms with Crippen LogP contribution in [0.4, 0.5) is 0 Å². The predicted octanol–water partition coefficient (Wildman–Crippen LogP) is 4.22. The lowest BCUT2D eigenvalue weighted by Gasteiger charge is -2.23. The second-order valence-corrected chi connectivity index (χ2v) is 5.67. The van der Waals surface area contributed by atoms with Gasteiger partial charge in [-0.1, -0.05) is 64.7 Å². The summed E-state index contributed by atoms with van der Waals surface area (Å²) >= 11 is 0. The maximum atomic E-state index is 8.87. The summed E-state index contributed by atoms with van der Waals surface area (Å²) in [6.07, 6.45) is 13.9. The van der Waals surface area contributed by atoms with E-state index in [1.165, 1.54) is 64.2 Å². The Hall–Kier alpha value is -0.0800. The van der Waals surface area contributed by atoms with Gasteiger partial charge in [-0.05, 0) is 20.4 Å². The summed E-state index contributed by atoms with van der Waals surface area (Å²) in [6, 6.07) is 0.613. The fourth-order valence-electron chi connectivity index (χ4n) is 2.35. The number of unbranched alkanes of at least 4 members (excludes halogenated alkanes) is 8. The third-order valence-corrected chi connectivity index (χ3v) is 3.93. The van der Waals surface area contributed by atoms with E-state index in [-0.39, 0.29) is 6.61 Å². The van der Waals surface area contributed by atoms with Crippen molar-refractivity contribution in [2.75, 3.05) is 20.2 Å². The molecule has 0 aromatic carbocycles. The maximum Gasteiger partial charge on any atom is 0.0558 e. The van der Waals surface area contributed by atoms with Crippen LogP contribution in [-0.2, 0) is 0 Å². The molecular formula is C16H35NO. The first-order valence-corrected chi connectivity index (χ1v) is 8.03. The minimum absolute atomic E-state index is 0.276. The molecule has 0 heterocycles. The summed E-state index contributed by atoms with van der Waals surface area (Å²) in [5, 5.41) is 8.87. The van der Waals surface area contributed by atoms with E-state index >= 15 is 0 Å². The van der Waals surface area contributed by atoms with Gasteiger partial charge < -0.3 is 10.0 Å². The topological polar surface area (TPSA) is 23.5 Å².